The van der Waals surface area contributed by atoms with E-state index in [-0.39, 0.29) is 54.5 Å². The van der Waals surface area contributed by atoms with E-state index in [1.807, 2.05) is 0 Å². The van der Waals surface area contributed by atoms with Gasteiger partial charge in [-0.15, -0.1) is 54.7 Å². The molecule has 0 heterocycles. The quantitative estimate of drug-likeness (QED) is 0.357. The maximum atomic E-state index is 3.55. The minimum absolute atomic E-state index is 0. The van der Waals surface area contributed by atoms with E-state index in [0.717, 1.165) is 6.42 Å². The number of benzene rings is 1. The van der Waals surface area contributed by atoms with Crippen LogP contribution in [0.2, 0.25) is 0 Å². The zero-order valence-corrected chi connectivity index (χ0v) is 16.6. The van der Waals surface area contributed by atoms with Crippen LogP contribution in [0.4, 0.5) is 0 Å². The molecule has 0 amide bonds. The van der Waals surface area contributed by atoms with Crippen LogP contribution in [0, 0.1) is 6.08 Å². The Morgan fingerprint density at radius 3 is 2.64 bits per heavy atom. The molecule has 0 fully saturated rings. The minimum Gasteiger partial charge on any atom is -1.00 e. The number of halogens is 2. The Kier molecular flexibility index (Phi) is 10.8. The van der Waals surface area contributed by atoms with Gasteiger partial charge in [0, 0.05) is 0 Å². The Hall–Kier alpha value is 0.0343. The molecule has 114 valence electrons. The Morgan fingerprint density at radius 1 is 1.18 bits per heavy atom. The molecule has 2 aromatic carbocycles. The van der Waals surface area contributed by atoms with Crippen LogP contribution in [0.25, 0.3) is 10.8 Å². The van der Waals surface area contributed by atoms with E-state index in [0.29, 0.717) is 0 Å². The van der Waals surface area contributed by atoms with Gasteiger partial charge in [0.2, 0.25) is 0 Å². The average Bonchev–Trinajstić information content (AvgIpc) is 3.09. The van der Waals surface area contributed by atoms with Crippen molar-refractivity contribution in [2.24, 2.45) is 0 Å². The van der Waals surface area contributed by atoms with Crippen molar-refractivity contribution >= 4 is 24.0 Å². The summed E-state index contributed by atoms with van der Waals surface area (Å²) in [7, 11) is -0.207. The summed E-state index contributed by atoms with van der Waals surface area (Å²) in [6, 6.07) is 13.4. The second-order valence-electron chi connectivity index (χ2n) is 4.98. The van der Waals surface area contributed by atoms with E-state index in [1.165, 1.54) is 35.1 Å². The summed E-state index contributed by atoms with van der Waals surface area (Å²) in [4.78, 5) is 0. The number of fused-ring (bicyclic) bond motifs is 1. The van der Waals surface area contributed by atoms with Gasteiger partial charge in [0.05, 0.1) is 0 Å². The van der Waals surface area contributed by atoms with Crippen molar-refractivity contribution in [3.8, 4) is 0 Å². The fraction of sp³-hybridized carbons (Fsp3) is 0.278. The van der Waals surface area contributed by atoms with Crippen molar-refractivity contribution in [3.05, 3.63) is 59.9 Å². The zero-order chi connectivity index (χ0) is 13.1. The summed E-state index contributed by atoms with van der Waals surface area (Å²) in [6.07, 6.45) is 13.0. The summed E-state index contributed by atoms with van der Waals surface area (Å²) < 4.78 is 0. The van der Waals surface area contributed by atoms with Gasteiger partial charge in [0.1, 0.15) is 0 Å². The molecule has 1 unspecified atom stereocenters. The van der Waals surface area contributed by atoms with Gasteiger partial charge in [0.25, 0.3) is 0 Å². The van der Waals surface area contributed by atoms with Crippen LogP contribution in [-0.4, -0.2) is 6.16 Å². The standard InChI is InChI=1S/C18H19P.2ClH.Ti/c1-2-3-14-19(16-9-5-6-10-16)18-13-12-15-8-4-7-11-17(15)18;;;/h4-5,7-9,11-13H,2-3,6,14H2,1H3;2*1H;/q-2;;;+4/p-2. The van der Waals surface area contributed by atoms with Gasteiger partial charge in [-0.05, 0) is 12.6 Å². The first-order valence-electron chi connectivity index (χ1n) is 7.09. The van der Waals surface area contributed by atoms with Crippen LogP contribution in [0.5, 0.6) is 0 Å². The van der Waals surface area contributed by atoms with Crippen molar-refractivity contribution in [1.29, 1.82) is 0 Å². The van der Waals surface area contributed by atoms with E-state index >= 15 is 0 Å². The molecule has 0 radical (unpaired) electrons. The number of hydrogen-bond acceptors (Lipinski definition) is 0. The maximum absolute atomic E-state index is 3.55. The summed E-state index contributed by atoms with van der Waals surface area (Å²) in [5.74, 6) is 0. The average molecular weight is 385 g/mol. The van der Waals surface area contributed by atoms with Gasteiger partial charge in [-0.1, -0.05) is 19.4 Å². The van der Waals surface area contributed by atoms with Crippen molar-refractivity contribution in [3.63, 3.8) is 0 Å². The molecule has 0 spiro atoms. The minimum atomic E-state index is -0.207. The summed E-state index contributed by atoms with van der Waals surface area (Å²) in [5.41, 5.74) is 0. The third kappa shape index (κ3) is 4.76. The first-order valence-corrected chi connectivity index (χ1v) is 8.62. The first-order chi connectivity index (χ1) is 9.40. The molecule has 0 bridgehead atoms. The molecule has 0 saturated heterocycles. The van der Waals surface area contributed by atoms with E-state index in [1.54, 1.807) is 5.30 Å². The van der Waals surface area contributed by atoms with Gasteiger partial charge in [0.15, 0.2) is 0 Å². The van der Waals surface area contributed by atoms with Crippen LogP contribution in [-0.2, 0) is 21.7 Å². The second-order valence-corrected chi connectivity index (χ2v) is 7.25. The molecule has 0 aromatic heterocycles. The fourth-order valence-corrected chi connectivity index (χ4v) is 5.32. The summed E-state index contributed by atoms with van der Waals surface area (Å²) in [5, 5.41) is 5.83. The van der Waals surface area contributed by atoms with E-state index in [4.69, 9.17) is 0 Å². The number of unbranched alkanes of at least 4 members (excludes halogenated alkanes) is 1. The number of hydrogen-bond donors (Lipinski definition) is 0. The van der Waals surface area contributed by atoms with Gasteiger partial charge < -0.3 is 24.8 Å². The maximum Gasteiger partial charge on any atom is 4.00 e. The van der Waals surface area contributed by atoms with Crippen molar-refractivity contribution in [2.45, 2.75) is 26.2 Å². The van der Waals surface area contributed by atoms with Crippen LogP contribution < -0.4 is 30.1 Å². The zero-order valence-electron chi connectivity index (χ0n) is 12.7. The van der Waals surface area contributed by atoms with Gasteiger partial charge in [-0.3, -0.25) is 6.08 Å². The van der Waals surface area contributed by atoms with E-state index < -0.39 is 0 Å². The van der Waals surface area contributed by atoms with E-state index in [9.17, 15) is 0 Å². The molecule has 1 aliphatic rings. The van der Waals surface area contributed by atoms with Crippen molar-refractivity contribution in [2.75, 3.05) is 6.16 Å². The van der Waals surface area contributed by atoms with Crippen LogP contribution in [0.3, 0.4) is 0 Å². The third-order valence-electron chi connectivity index (χ3n) is 3.65. The molecule has 1 atom stereocenters. The van der Waals surface area contributed by atoms with Gasteiger partial charge in [-0.2, -0.15) is 12.1 Å². The van der Waals surface area contributed by atoms with Crippen LogP contribution in [0.1, 0.15) is 26.2 Å². The molecule has 3 rings (SSSR count). The normalized spacial score (nSPS) is 13.8. The molecular formula is C18H19Cl2PTi. The smallest absolute Gasteiger partial charge is 1.00 e. The second kappa shape index (κ2) is 10.7. The molecule has 4 heteroatoms. The largest absolute Gasteiger partial charge is 4.00 e. The fourth-order valence-electron chi connectivity index (χ4n) is 2.63. The van der Waals surface area contributed by atoms with Crippen LogP contribution in [0.15, 0.2) is 53.9 Å². The number of allylic oxidation sites excluding steroid dienone is 4. The topological polar surface area (TPSA) is 0 Å². The molecular weight excluding hydrogens is 366 g/mol. The van der Waals surface area contributed by atoms with Crippen molar-refractivity contribution < 1.29 is 46.5 Å². The summed E-state index contributed by atoms with van der Waals surface area (Å²) in [6.45, 7) is 2.28. The van der Waals surface area contributed by atoms with Crippen LogP contribution >= 0.6 is 7.92 Å². The molecule has 22 heavy (non-hydrogen) atoms. The first kappa shape index (κ1) is 22.0. The van der Waals surface area contributed by atoms with Crippen molar-refractivity contribution in [1.82, 2.24) is 0 Å². The predicted octanol–water partition coefficient (Wildman–Crippen LogP) is -0.882. The van der Waals surface area contributed by atoms with Gasteiger partial charge in [-0.25, -0.2) is 11.4 Å². The van der Waals surface area contributed by atoms with Gasteiger partial charge >= 0.3 is 21.7 Å². The SMILES string of the molecule is CCCCP(C1=[C-]CC=C1)[c-]1ccc2ccccc21.[Cl-].[Cl-].[Ti+4]. The molecule has 0 saturated carbocycles. The Morgan fingerprint density at radius 2 is 1.95 bits per heavy atom. The van der Waals surface area contributed by atoms with E-state index in [2.05, 4.69) is 61.5 Å². The Labute approximate surface area is 162 Å². The molecule has 0 nitrogen and oxygen atoms in total. The third-order valence-corrected chi connectivity index (χ3v) is 6.27. The summed E-state index contributed by atoms with van der Waals surface area (Å²) >= 11 is 0. The molecule has 0 aliphatic heterocycles. The monoisotopic (exact) mass is 384 g/mol. The molecule has 2 aromatic rings. The Balaban J connectivity index is 0.00000147. The number of rotatable bonds is 5. The molecule has 1 aliphatic carbocycles. The predicted molar refractivity (Wildman–Crippen MR) is 86.4 cm³/mol. The Bertz CT molecular complexity index is 631. The molecule has 0 N–H and O–H groups in total.